The molecular weight excluding hydrogens is 284 g/mol. The molecule has 0 aromatic heterocycles. The van der Waals surface area contributed by atoms with Crippen LogP contribution in [0.1, 0.15) is 18.9 Å². The minimum Gasteiger partial charge on any atom is -0.398 e. The molecule has 1 aromatic carbocycles. The van der Waals surface area contributed by atoms with Gasteiger partial charge in [0.25, 0.3) is 0 Å². The van der Waals surface area contributed by atoms with Crippen LogP contribution in [0.25, 0.3) is 0 Å². The number of nitrogen functional groups attached to an aromatic ring is 1. The number of sulfonamides is 1. The summed E-state index contributed by atoms with van der Waals surface area (Å²) in [7, 11) is -3.52. The summed E-state index contributed by atoms with van der Waals surface area (Å²) in [6, 6.07) is 2.94. The van der Waals surface area contributed by atoms with Crippen molar-refractivity contribution in [2.75, 3.05) is 18.8 Å². The van der Waals surface area contributed by atoms with Crippen LogP contribution >= 0.6 is 11.6 Å². The van der Waals surface area contributed by atoms with Gasteiger partial charge in [-0.05, 0) is 38.0 Å². The smallest absolute Gasteiger partial charge is 0.243 e. The Labute approximate surface area is 118 Å². The van der Waals surface area contributed by atoms with Gasteiger partial charge in [-0.1, -0.05) is 23.3 Å². The second kappa shape index (κ2) is 5.15. The SMILES string of the molecule is CC1=CCN(S(=O)(=O)c2cc(N)c(C)c(Cl)c2)CC1. The fourth-order valence-electron chi connectivity index (χ4n) is 1.94. The zero-order chi connectivity index (χ0) is 14.2. The predicted octanol–water partition coefficient (Wildman–Crippen LogP) is 2.57. The zero-order valence-electron chi connectivity index (χ0n) is 11.0. The lowest BCUT2D eigenvalue weighted by atomic mass is 10.1. The van der Waals surface area contributed by atoms with Crippen LogP contribution in [0, 0.1) is 6.92 Å². The number of benzene rings is 1. The number of hydrogen-bond acceptors (Lipinski definition) is 3. The Hall–Kier alpha value is -1.04. The minimum atomic E-state index is -3.52. The summed E-state index contributed by atoms with van der Waals surface area (Å²) >= 11 is 6.01. The molecule has 0 amide bonds. The van der Waals surface area contributed by atoms with E-state index in [9.17, 15) is 8.42 Å². The number of nitrogens with zero attached hydrogens (tertiary/aromatic N) is 1. The van der Waals surface area contributed by atoms with Crippen molar-refractivity contribution in [3.63, 3.8) is 0 Å². The normalized spacial score (nSPS) is 17.3. The molecule has 1 heterocycles. The van der Waals surface area contributed by atoms with Crippen LogP contribution in [0.15, 0.2) is 28.7 Å². The summed E-state index contributed by atoms with van der Waals surface area (Å²) in [6.07, 6.45) is 2.69. The number of halogens is 1. The second-order valence-corrected chi connectivity index (χ2v) is 7.13. The van der Waals surface area contributed by atoms with Gasteiger partial charge in [-0.3, -0.25) is 0 Å². The molecule has 1 aliphatic rings. The van der Waals surface area contributed by atoms with Crippen LogP contribution in [0.3, 0.4) is 0 Å². The minimum absolute atomic E-state index is 0.161. The Kier molecular flexibility index (Phi) is 3.90. The molecule has 0 spiro atoms. The highest BCUT2D eigenvalue weighted by Gasteiger charge is 2.26. The van der Waals surface area contributed by atoms with E-state index in [0.29, 0.717) is 29.4 Å². The van der Waals surface area contributed by atoms with Crippen molar-refractivity contribution in [3.8, 4) is 0 Å². The molecule has 0 bridgehead atoms. The standard InChI is InChI=1S/C13H17ClN2O2S/c1-9-3-5-16(6-4-9)19(17,18)11-7-12(14)10(2)13(15)8-11/h3,7-8H,4-6,15H2,1-2H3. The van der Waals surface area contributed by atoms with Crippen LogP contribution in [-0.2, 0) is 10.0 Å². The summed E-state index contributed by atoms with van der Waals surface area (Å²) in [6.45, 7) is 4.67. The van der Waals surface area contributed by atoms with Gasteiger partial charge < -0.3 is 5.73 Å². The van der Waals surface area contributed by atoms with Crippen LogP contribution in [0.5, 0.6) is 0 Å². The summed E-state index contributed by atoms with van der Waals surface area (Å²) < 4.78 is 26.4. The third-order valence-electron chi connectivity index (χ3n) is 3.39. The highest BCUT2D eigenvalue weighted by molar-refractivity contribution is 7.89. The van der Waals surface area contributed by atoms with Crippen molar-refractivity contribution in [3.05, 3.63) is 34.4 Å². The molecule has 4 nitrogen and oxygen atoms in total. The van der Waals surface area contributed by atoms with Gasteiger partial charge in [-0.15, -0.1) is 0 Å². The maximum Gasteiger partial charge on any atom is 0.243 e. The van der Waals surface area contributed by atoms with Crippen LogP contribution < -0.4 is 5.73 Å². The monoisotopic (exact) mass is 300 g/mol. The topological polar surface area (TPSA) is 63.4 Å². The van der Waals surface area contributed by atoms with Crippen molar-refractivity contribution >= 4 is 27.3 Å². The Bertz CT molecular complexity index is 615. The van der Waals surface area contributed by atoms with E-state index >= 15 is 0 Å². The predicted molar refractivity (Wildman–Crippen MR) is 77.7 cm³/mol. The number of anilines is 1. The summed E-state index contributed by atoms with van der Waals surface area (Å²) in [5.74, 6) is 0. The first kappa shape index (κ1) is 14.4. The summed E-state index contributed by atoms with van der Waals surface area (Å²) in [5.41, 5.74) is 8.11. The largest absolute Gasteiger partial charge is 0.398 e. The van der Waals surface area contributed by atoms with Crippen LogP contribution in [-0.4, -0.2) is 25.8 Å². The third-order valence-corrected chi connectivity index (χ3v) is 5.63. The van der Waals surface area contributed by atoms with Gasteiger partial charge in [0, 0.05) is 23.8 Å². The van der Waals surface area contributed by atoms with E-state index in [1.807, 2.05) is 13.0 Å². The van der Waals surface area contributed by atoms with E-state index in [0.717, 1.165) is 6.42 Å². The van der Waals surface area contributed by atoms with Crippen LogP contribution in [0.2, 0.25) is 5.02 Å². The van der Waals surface area contributed by atoms with Crippen LogP contribution in [0.4, 0.5) is 5.69 Å². The Balaban J connectivity index is 2.40. The molecule has 0 radical (unpaired) electrons. The van der Waals surface area contributed by atoms with Gasteiger partial charge in [-0.2, -0.15) is 4.31 Å². The average Bonchev–Trinajstić information content (AvgIpc) is 2.35. The molecule has 0 fully saturated rings. The highest BCUT2D eigenvalue weighted by Crippen LogP contribution is 2.28. The summed E-state index contributed by atoms with van der Waals surface area (Å²) in [4.78, 5) is 0.161. The Morgan fingerprint density at radius 3 is 2.53 bits per heavy atom. The highest BCUT2D eigenvalue weighted by atomic mass is 35.5. The van der Waals surface area contributed by atoms with E-state index in [2.05, 4.69) is 0 Å². The molecule has 19 heavy (non-hydrogen) atoms. The van der Waals surface area contributed by atoms with Crippen molar-refractivity contribution in [2.24, 2.45) is 0 Å². The lowest BCUT2D eigenvalue weighted by Gasteiger charge is -2.25. The van der Waals surface area contributed by atoms with Crippen molar-refractivity contribution in [1.82, 2.24) is 4.31 Å². The van der Waals surface area contributed by atoms with Crippen molar-refractivity contribution < 1.29 is 8.42 Å². The fraction of sp³-hybridized carbons (Fsp3) is 0.385. The quantitative estimate of drug-likeness (QED) is 0.674. The first-order valence-electron chi connectivity index (χ1n) is 6.04. The average molecular weight is 301 g/mol. The molecule has 0 atom stereocenters. The zero-order valence-corrected chi connectivity index (χ0v) is 12.6. The van der Waals surface area contributed by atoms with E-state index in [1.165, 1.54) is 22.0 Å². The first-order chi connectivity index (χ1) is 8.82. The number of hydrogen-bond donors (Lipinski definition) is 1. The van der Waals surface area contributed by atoms with Gasteiger partial charge in [0.05, 0.1) is 4.90 Å². The van der Waals surface area contributed by atoms with Crippen molar-refractivity contribution in [2.45, 2.75) is 25.2 Å². The van der Waals surface area contributed by atoms with E-state index in [1.54, 1.807) is 6.92 Å². The Morgan fingerprint density at radius 1 is 1.32 bits per heavy atom. The lowest BCUT2D eigenvalue weighted by molar-refractivity contribution is 0.431. The second-order valence-electron chi connectivity index (χ2n) is 4.78. The van der Waals surface area contributed by atoms with E-state index in [4.69, 9.17) is 17.3 Å². The molecule has 1 aromatic rings. The van der Waals surface area contributed by atoms with E-state index in [-0.39, 0.29) is 4.90 Å². The van der Waals surface area contributed by atoms with Gasteiger partial charge in [0.2, 0.25) is 10.0 Å². The van der Waals surface area contributed by atoms with Gasteiger partial charge >= 0.3 is 0 Å². The molecule has 0 unspecified atom stereocenters. The molecule has 1 aliphatic heterocycles. The molecule has 0 saturated carbocycles. The fourth-order valence-corrected chi connectivity index (χ4v) is 3.68. The molecule has 2 N–H and O–H groups in total. The summed E-state index contributed by atoms with van der Waals surface area (Å²) in [5, 5.41) is 0.377. The number of nitrogens with two attached hydrogens (primary N) is 1. The molecule has 2 rings (SSSR count). The van der Waals surface area contributed by atoms with Gasteiger partial charge in [0.1, 0.15) is 0 Å². The van der Waals surface area contributed by atoms with Gasteiger partial charge in [0.15, 0.2) is 0 Å². The first-order valence-corrected chi connectivity index (χ1v) is 7.85. The van der Waals surface area contributed by atoms with Crippen molar-refractivity contribution in [1.29, 1.82) is 0 Å². The maximum absolute atomic E-state index is 12.5. The molecule has 0 saturated heterocycles. The molecular formula is C13H17ClN2O2S. The molecule has 104 valence electrons. The van der Waals surface area contributed by atoms with Gasteiger partial charge in [-0.25, -0.2) is 8.42 Å². The molecule has 0 aliphatic carbocycles. The number of rotatable bonds is 2. The molecule has 6 heteroatoms. The van der Waals surface area contributed by atoms with E-state index < -0.39 is 10.0 Å². The maximum atomic E-state index is 12.5. The Morgan fingerprint density at radius 2 is 2.00 bits per heavy atom. The lowest BCUT2D eigenvalue weighted by Crippen LogP contribution is -2.34. The third kappa shape index (κ3) is 2.78.